The van der Waals surface area contributed by atoms with Crippen molar-refractivity contribution in [1.29, 1.82) is 0 Å². The first-order valence-corrected chi connectivity index (χ1v) is 10.7. The predicted octanol–water partition coefficient (Wildman–Crippen LogP) is 2.95. The van der Waals surface area contributed by atoms with E-state index in [4.69, 9.17) is 9.72 Å². The normalized spacial score (nSPS) is 21.9. The first-order chi connectivity index (χ1) is 14.7. The van der Waals surface area contributed by atoms with Gasteiger partial charge in [0.2, 0.25) is 5.95 Å². The van der Waals surface area contributed by atoms with E-state index in [2.05, 4.69) is 19.8 Å². The van der Waals surface area contributed by atoms with Crippen LogP contribution in [0.25, 0.3) is 10.8 Å². The molecule has 2 aromatic heterocycles. The molecule has 4 heterocycles. The van der Waals surface area contributed by atoms with Gasteiger partial charge in [-0.05, 0) is 43.4 Å². The van der Waals surface area contributed by atoms with Crippen molar-refractivity contribution in [2.45, 2.75) is 38.4 Å². The van der Waals surface area contributed by atoms with Gasteiger partial charge in [-0.15, -0.1) is 0 Å². The summed E-state index contributed by atoms with van der Waals surface area (Å²) in [5.74, 6) is 2.46. The molecule has 1 aromatic carbocycles. The molecule has 0 aliphatic carbocycles. The van der Waals surface area contributed by atoms with Crippen LogP contribution in [-0.4, -0.2) is 58.4 Å². The molecule has 2 atom stereocenters. The Morgan fingerprint density at radius 2 is 1.87 bits per heavy atom. The summed E-state index contributed by atoms with van der Waals surface area (Å²) in [6.45, 7) is 5.32. The first-order valence-electron chi connectivity index (χ1n) is 10.7. The second kappa shape index (κ2) is 8.07. The number of benzene rings is 1. The number of ether oxygens (including phenoxy) is 1. The fourth-order valence-corrected chi connectivity index (χ4v) is 4.32. The van der Waals surface area contributed by atoms with E-state index in [-0.39, 0.29) is 6.10 Å². The van der Waals surface area contributed by atoms with Crippen LogP contribution in [0.15, 0.2) is 42.7 Å². The Balaban J connectivity index is 1.28. The summed E-state index contributed by atoms with van der Waals surface area (Å²) < 4.78 is 6.14. The number of anilines is 2. The van der Waals surface area contributed by atoms with Gasteiger partial charge in [-0.2, -0.15) is 4.98 Å². The minimum absolute atomic E-state index is 0.239. The highest BCUT2D eigenvalue weighted by Crippen LogP contribution is 2.27. The molecule has 2 aliphatic heterocycles. The number of rotatable bonds is 4. The van der Waals surface area contributed by atoms with E-state index in [0.29, 0.717) is 6.54 Å². The minimum Gasteiger partial charge on any atom is -0.488 e. The molecule has 2 aliphatic rings. The number of aliphatic hydroxyl groups excluding tert-OH is 1. The molecule has 0 radical (unpaired) electrons. The first kappa shape index (κ1) is 19.1. The third kappa shape index (κ3) is 3.89. The fraction of sp³-hybridized carbons (Fsp3) is 0.435. The maximum Gasteiger partial charge on any atom is 0.227 e. The molecular formula is C23H27N5O2. The highest BCUT2D eigenvalue weighted by molar-refractivity contribution is 5.82. The molecule has 0 bridgehead atoms. The quantitative estimate of drug-likeness (QED) is 0.715. The van der Waals surface area contributed by atoms with Crippen molar-refractivity contribution in [3.63, 3.8) is 0 Å². The van der Waals surface area contributed by atoms with Crippen molar-refractivity contribution in [2.75, 3.05) is 36.0 Å². The van der Waals surface area contributed by atoms with Crippen molar-refractivity contribution in [3.05, 3.63) is 48.4 Å². The van der Waals surface area contributed by atoms with Crippen LogP contribution < -0.4 is 14.5 Å². The Morgan fingerprint density at radius 3 is 2.70 bits per heavy atom. The van der Waals surface area contributed by atoms with E-state index < -0.39 is 6.10 Å². The Kier molecular flexibility index (Phi) is 5.12. The zero-order valence-electron chi connectivity index (χ0n) is 17.2. The maximum atomic E-state index is 10.8. The number of aryl methyl sites for hydroxylation is 1. The zero-order valence-corrected chi connectivity index (χ0v) is 17.2. The largest absolute Gasteiger partial charge is 0.488 e. The lowest BCUT2D eigenvalue weighted by atomic mass is 10.0. The number of aliphatic hydroxyl groups is 1. The molecule has 0 saturated carbocycles. The molecule has 2 saturated heterocycles. The van der Waals surface area contributed by atoms with E-state index in [1.807, 2.05) is 43.5 Å². The van der Waals surface area contributed by atoms with Crippen molar-refractivity contribution < 1.29 is 9.84 Å². The molecule has 3 aromatic rings. The number of hydrogen-bond acceptors (Lipinski definition) is 7. The molecular weight excluding hydrogens is 378 g/mol. The van der Waals surface area contributed by atoms with Crippen LogP contribution in [0.5, 0.6) is 5.75 Å². The molecule has 1 N–H and O–H groups in total. The Hall–Kier alpha value is -2.93. The number of pyridine rings is 1. The number of β-amino-alcohol motifs (C(OH)–C–C–N with tert-alkyl or cyclic N) is 1. The second-order valence-electron chi connectivity index (χ2n) is 8.20. The van der Waals surface area contributed by atoms with Gasteiger partial charge in [-0.25, -0.2) is 4.98 Å². The highest BCUT2D eigenvalue weighted by Gasteiger charge is 2.30. The highest BCUT2D eigenvalue weighted by atomic mass is 16.5. The van der Waals surface area contributed by atoms with Crippen molar-refractivity contribution in [1.82, 2.24) is 15.0 Å². The van der Waals surface area contributed by atoms with Crippen LogP contribution in [0, 0.1) is 6.92 Å². The lowest BCUT2D eigenvalue weighted by molar-refractivity contribution is 0.0241. The van der Waals surface area contributed by atoms with Crippen molar-refractivity contribution >= 4 is 22.5 Å². The number of aromatic nitrogens is 3. The van der Waals surface area contributed by atoms with Crippen molar-refractivity contribution in [3.8, 4) is 5.75 Å². The second-order valence-corrected chi connectivity index (χ2v) is 8.20. The van der Waals surface area contributed by atoms with Crippen LogP contribution in [0.1, 0.15) is 25.0 Å². The summed E-state index contributed by atoms with van der Waals surface area (Å²) >= 11 is 0. The Morgan fingerprint density at radius 1 is 1.00 bits per heavy atom. The lowest BCUT2D eigenvalue weighted by Crippen LogP contribution is -2.49. The maximum absolute atomic E-state index is 10.8. The van der Waals surface area contributed by atoms with Crippen LogP contribution in [-0.2, 0) is 0 Å². The summed E-state index contributed by atoms with van der Waals surface area (Å²) in [4.78, 5) is 18.0. The molecule has 30 heavy (non-hydrogen) atoms. The minimum atomic E-state index is -0.589. The van der Waals surface area contributed by atoms with Gasteiger partial charge < -0.3 is 19.6 Å². The smallest absolute Gasteiger partial charge is 0.227 e. The SMILES string of the molecule is Cc1cc(N2CC[C@@H](Oc3ccc4ccncc4c3)[C@H](O)C2)nc(N2CCCC2)n1. The summed E-state index contributed by atoms with van der Waals surface area (Å²) in [7, 11) is 0. The van der Waals surface area contributed by atoms with E-state index in [1.54, 1.807) is 6.20 Å². The van der Waals surface area contributed by atoms with E-state index in [1.165, 1.54) is 12.8 Å². The lowest BCUT2D eigenvalue weighted by Gasteiger charge is -2.37. The van der Waals surface area contributed by atoms with Gasteiger partial charge in [0.25, 0.3) is 0 Å². The Labute approximate surface area is 176 Å². The number of nitrogens with zero attached hydrogens (tertiary/aromatic N) is 5. The summed E-state index contributed by atoms with van der Waals surface area (Å²) in [6.07, 6.45) is 5.90. The standard InChI is InChI=1S/C23H27N5O2/c1-16-12-22(26-23(25-16)27-9-2-3-10-27)28-11-7-21(20(29)15-28)30-19-5-4-17-6-8-24-14-18(17)13-19/h4-6,8,12-14,20-21,29H,2-3,7,9-11,15H2,1H3/t20-,21-/m1/s1. The van der Waals surface area contributed by atoms with Crippen LogP contribution in [0.4, 0.5) is 11.8 Å². The van der Waals surface area contributed by atoms with Gasteiger partial charge in [-0.3, -0.25) is 4.98 Å². The topological polar surface area (TPSA) is 74.6 Å². The molecule has 7 heteroatoms. The van der Waals surface area contributed by atoms with E-state index >= 15 is 0 Å². The molecule has 5 rings (SSSR count). The monoisotopic (exact) mass is 405 g/mol. The Bertz CT molecular complexity index is 1040. The average molecular weight is 406 g/mol. The molecule has 0 spiro atoms. The van der Waals surface area contributed by atoms with Gasteiger partial charge in [-0.1, -0.05) is 6.07 Å². The third-order valence-electron chi connectivity index (χ3n) is 5.96. The van der Waals surface area contributed by atoms with Crippen molar-refractivity contribution in [2.24, 2.45) is 0 Å². The van der Waals surface area contributed by atoms with Gasteiger partial charge in [0, 0.05) is 62.1 Å². The van der Waals surface area contributed by atoms with E-state index in [9.17, 15) is 5.11 Å². The molecule has 156 valence electrons. The van der Waals surface area contributed by atoms with Gasteiger partial charge in [0.15, 0.2) is 0 Å². The van der Waals surface area contributed by atoms with Gasteiger partial charge >= 0.3 is 0 Å². The summed E-state index contributed by atoms with van der Waals surface area (Å²) in [6, 6.07) is 9.95. The van der Waals surface area contributed by atoms with Crippen LogP contribution in [0.2, 0.25) is 0 Å². The van der Waals surface area contributed by atoms with Gasteiger partial charge in [0.1, 0.15) is 23.8 Å². The van der Waals surface area contributed by atoms with Crippen LogP contribution >= 0.6 is 0 Å². The fourth-order valence-electron chi connectivity index (χ4n) is 4.32. The molecule has 7 nitrogen and oxygen atoms in total. The zero-order chi connectivity index (χ0) is 20.5. The third-order valence-corrected chi connectivity index (χ3v) is 5.96. The summed E-state index contributed by atoms with van der Waals surface area (Å²) in [5, 5.41) is 13.0. The average Bonchev–Trinajstić information content (AvgIpc) is 3.30. The summed E-state index contributed by atoms with van der Waals surface area (Å²) in [5.41, 5.74) is 0.958. The molecule has 2 fully saturated rings. The number of piperidine rings is 1. The van der Waals surface area contributed by atoms with Crippen LogP contribution in [0.3, 0.4) is 0 Å². The van der Waals surface area contributed by atoms with E-state index in [0.717, 1.165) is 60.0 Å². The number of hydrogen-bond donors (Lipinski definition) is 1. The number of fused-ring (bicyclic) bond motifs is 1. The van der Waals surface area contributed by atoms with Gasteiger partial charge in [0.05, 0.1) is 0 Å². The predicted molar refractivity (Wildman–Crippen MR) is 117 cm³/mol. The molecule has 0 amide bonds. The molecule has 0 unspecified atom stereocenters.